The zero-order valence-corrected chi connectivity index (χ0v) is 18.0. The van der Waals surface area contributed by atoms with Crippen molar-refractivity contribution in [3.8, 4) is 0 Å². The summed E-state index contributed by atoms with van der Waals surface area (Å²) >= 11 is 0. The fraction of sp³-hybridized carbons (Fsp3) is 0.364. The molecule has 1 amide bonds. The van der Waals surface area contributed by atoms with Crippen LogP contribution in [-0.4, -0.2) is 33.4 Å². The lowest BCUT2D eigenvalue weighted by molar-refractivity contribution is -0.144. The van der Waals surface area contributed by atoms with Crippen LogP contribution in [-0.2, 0) is 30.8 Å². The number of rotatable bonds is 7. The zero-order chi connectivity index (χ0) is 21.7. The van der Waals surface area contributed by atoms with Crippen LogP contribution in [0.5, 0.6) is 0 Å². The second kappa shape index (κ2) is 9.30. The maximum Gasteiger partial charge on any atom is 0.306 e. The van der Waals surface area contributed by atoms with Gasteiger partial charge in [0.2, 0.25) is 5.91 Å². The van der Waals surface area contributed by atoms with E-state index in [1.165, 1.54) is 4.31 Å². The largest absolute Gasteiger partial charge is 0.466 e. The van der Waals surface area contributed by atoms with Crippen LogP contribution in [0, 0.1) is 6.92 Å². The first-order valence-electron chi connectivity index (χ1n) is 9.99. The molecule has 1 aliphatic rings. The molecule has 3 rings (SSSR count). The highest BCUT2D eigenvalue weighted by molar-refractivity contribution is 7.92. The second-order valence-electron chi connectivity index (χ2n) is 7.19. The van der Waals surface area contributed by atoms with Gasteiger partial charge in [-0.2, -0.15) is 0 Å². The van der Waals surface area contributed by atoms with E-state index < -0.39 is 16.0 Å². The van der Waals surface area contributed by atoms with Gasteiger partial charge in [0.25, 0.3) is 10.0 Å². The molecule has 160 valence electrons. The third-order valence-electron chi connectivity index (χ3n) is 4.91. The zero-order valence-electron chi connectivity index (χ0n) is 17.2. The molecular formula is C22H26N2O5S. The van der Waals surface area contributed by atoms with E-state index in [-0.39, 0.29) is 30.3 Å². The van der Waals surface area contributed by atoms with E-state index in [0.717, 1.165) is 17.5 Å². The van der Waals surface area contributed by atoms with Gasteiger partial charge in [-0.1, -0.05) is 17.7 Å². The Morgan fingerprint density at radius 2 is 1.83 bits per heavy atom. The number of ether oxygens (including phenoxy) is 1. The van der Waals surface area contributed by atoms with Gasteiger partial charge in [0, 0.05) is 18.7 Å². The molecule has 0 fully saturated rings. The fourth-order valence-corrected chi connectivity index (χ4v) is 4.94. The Balaban J connectivity index is 1.75. The minimum Gasteiger partial charge on any atom is -0.466 e. The van der Waals surface area contributed by atoms with E-state index in [1.54, 1.807) is 49.4 Å². The number of nitrogens with one attached hydrogen (secondary N) is 1. The highest BCUT2D eigenvalue weighted by Gasteiger charge is 2.29. The topological polar surface area (TPSA) is 92.8 Å². The number of amides is 1. The summed E-state index contributed by atoms with van der Waals surface area (Å²) in [6.07, 6.45) is 1.47. The van der Waals surface area contributed by atoms with Crippen LogP contribution in [0.2, 0.25) is 0 Å². The first kappa shape index (κ1) is 21.8. The van der Waals surface area contributed by atoms with Crippen molar-refractivity contribution in [3.05, 3.63) is 53.6 Å². The fourth-order valence-electron chi connectivity index (χ4n) is 3.40. The van der Waals surface area contributed by atoms with Gasteiger partial charge in [0.15, 0.2) is 0 Å². The molecule has 1 aliphatic heterocycles. The van der Waals surface area contributed by atoms with E-state index in [2.05, 4.69) is 5.32 Å². The Kier molecular flexibility index (Phi) is 6.77. The van der Waals surface area contributed by atoms with Crippen molar-refractivity contribution in [1.29, 1.82) is 0 Å². The highest BCUT2D eigenvalue weighted by Crippen LogP contribution is 2.33. The molecule has 7 nitrogen and oxygen atoms in total. The standard InChI is InChI=1S/C22H26N2O5S/c1-3-29-22(26)13-12-21(25)23-18-8-11-20-17(15-18)5-4-14-24(20)30(27,28)19-9-6-16(2)7-10-19/h6-11,15H,3-5,12-14H2,1-2H3,(H,23,25). The van der Waals surface area contributed by atoms with Crippen LogP contribution in [0.25, 0.3) is 0 Å². The van der Waals surface area contributed by atoms with E-state index in [1.807, 2.05) is 6.92 Å². The second-order valence-corrected chi connectivity index (χ2v) is 9.05. The third kappa shape index (κ3) is 4.99. The van der Waals surface area contributed by atoms with Gasteiger partial charge >= 0.3 is 5.97 Å². The number of benzene rings is 2. The molecule has 8 heteroatoms. The predicted octanol–water partition coefficient (Wildman–Crippen LogP) is 3.42. The summed E-state index contributed by atoms with van der Waals surface area (Å²) in [4.78, 5) is 23.8. The van der Waals surface area contributed by atoms with Crippen molar-refractivity contribution >= 4 is 33.3 Å². The summed E-state index contributed by atoms with van der Waals surface area (Å²) in [6.45, 7) is 4.32. The number of nitrogens with zero attached hydrogens (tertiary/aromatic N) is 1. The SMILES string of the molecule is CCOC(=O)CCC(=O)Nc1ccc2c(c1)CCCN2S(=O)(=O)c1ccc(C)cc1. The predicted molar refractivity (Wildman–Crippen MR) is 115 cm³/mol. The molecule has 30 heavy (non-hydrogen) atoms. The number of anilines is 2. The summed E-state index contributed by atoms with van der Waals surface area (Å²) in [5, 5.41) is 2.77. The number of fused-ring (bicyclic) bond motifs is 1. The van der Waals surface area contributed by atoms with Gasteiger partial charge < -0.3 is 10.1 Å². The molecule has 1 N–H and O–H groups in total. The lowest BCUT2D eigenvalue weighted by Crippen LogP contribution is -2.35. The number of hydrogen-bond acceptors (Lipinski definition) is 5. The molecule has 0 radical (unpaired) electrons. The van der Waals surface area contributed by atoms with Crippen LogP contribution < -0.4 is 9.62 Å². The molecule has 0 bridgehead atoms. The van der Waals surface area contributed by atoms with Crippen LogP contribution in [0.1, 0.15) is 37.3 Å². The van der Waals surface area contributed by atoms with Gasteiger partial charge in [-0.3, -0.25) is 13.9 Å². The smallest absolute Gasteiger partial charge is 0.306 e. The van der Waals surface area contributed by atoms with E-state index in [4.69, 9.17) is 4.74 Å². The minimum atomic E-state index is -3.66. The maximum absolute atomic E-state index is 13.1. The molecule has 0 saturated heterocycles. The molecule has 0 aromatic heterocycles. The molecular weight excluding hydrogens is 404 g/mol. The van der Waals surface area contributed by atoms with Crippen molar-refractivity contribution in [1.82, 2.24) is 0 Å². The Morgan fingerprint density at radius 3 is 2.53 bits per heavy atom. The van der Waals surface area contributed by atoms with E-state index >= 15 is 0 Å². The molecule has 0 aliphatic carbocycles. The summed E-state index contributed by atoms with van der Waals surface area (Å²) in [5.74, 6) is -0.696. The number of hydrogen-bond donors (Lipinski definition) is 1. The van der Waals surface area contributed by atoms with Crippen molar-refractivity contribution in [2.75, 3.05) is 22.8 Å². The van der Waals surface area contributed by atoms with Gasteiger partial charge in [-0.15, -0.1) is 0 Å². The Hall–Kier alpha value is -2.87. The summed E-state index contributed by atoms with van der Waals surface area (Å²) in [5.41, 5.74) is 3.07. The summed E-state index contributed by atoms with van der Waals surface area (Å²) < 4.78 is 32.5. The number of esters is 1. The third-order valence-corrected chi connectivity index (χ3v) is 6.74. The number of aryl methyl sites for hydroxylation is 2. The molecule has 0 saturated carbocycles. The highest BCUT2D eigenvalue weighted by atomic mass is 32.2. The van der Waals surface area contributed by atoms with Crippen LogP contribution in [0.4, 0.5) is 11.4 Å². The number of carbonyl (C=O) groups is 2. The molecule has 0 unspecified atom stereocenters. The minimum absolute atomic E-state index is 0.0210. The average Bonchev–Trinajstić information content (AvgIpc) is 2.72. The first-order valence-corrected chi connectivity index (χ1v) is 11.4. The van der Waals surface area contributed by atoms with Gasteiger partial charge in [0.05, 0.1) is 23.6 Å². The molecule has 2 aromatic carbocycles. The van der Waals surface area contributed by atoms with Gasteiger partial charge in [-0.25, -0.2) is 8.42 Å². The molecule has 2 aromatic rings. The Labute approximate surface area is 177 Å². The van der Waals surface area contributed by atoms with E-state index in [9.17, 15) is 18.0 Å². The average molecular weight is 431 g/mol. The Bertz CT molecular complexity index is 1030. The Morgan fingerprint density at radius 1 is 1.10 bits per heavy atom. The van der Waals surface area contributed by atoms with Crippen LogP contribution in [0.15, 0.2) is 47.4 Å². The first-order chi connectivity index (χ1) is 14.3. The van der Waals surface area contributed by atoms with Crippen LogP contribution >= 0.6 is 0 Å². The summed E-state index contributed by atoms with van der Waals surface area (Å²) in [7, 11) is -3.66. The lowest BCUT2D eigenvalue weighted by atomic mass is 10.0. The molecule has 0 spiro atoms. The molecule has 0 atom stereocenters. The van der Waals surface area contributed by atoms with Crippen molar-refractivity contribution in [2.45, 2.75) is 44.4 Å². The van der Waals surface area contributed by atoms with Gasteiger partial charge in [-0.05, 0) is 62.6 Å². The summed E-state index contributed by atoms with van der Waals surface area (Å²) in [6, 6.07) is 12.0. The number of sulfonamides is 1. The van der Waals surface area contributed by atoms with Crippen molar-refractivity contribution in [3.63, 3.8) is 0 Å². The normalized spacial score (nSPS) is 13.5. The maximum atomic E-state index is 13.1. The van der Waals surface area contributed by atoms with E-state index in [0.29, 0.717) is 24.3 Å². The monoisotopic (exact) mass is 430 g/mol. The van der Waals surface area contributed by atoms with Crippen molar-refractivity contribution < 1.29 is 22.7 Å². The number of carbonyl (C=O) groups excluding carboxylic acids is 2. The molecule has 1 heterocycles. The quantitative estimate of drug-likeness (QED) is 0.680. The van der Waals surface area contributed by atoms with Crippen molar-refractivity contribution in [2.24, 2.45) is 0 Å². The van der Waals surface area contributed by atoms with Gasteiger partial charge in [0.1, 0.15) is 0 Å². The lowest BCUT2D eigenvalue weighted by Gasteiger charge is -2.31. The van der Waals surface area contributed by atoms with Crippen LogP contribution in [0.3, 0.4) is 0 Å².